The number of piperidine rings is 1. The monoisotopic (exact) mass is 299 g/mol. The van der Waals surface area contributed by atoms with Gasteiger partial charge in [0.25, 0.3) is 0 Å². The minimum Gasteiger partial charge on any atom is -0.460 e. The molecule has 2 aromatic rings. The average molecular weight is 299 g/mol. The van der Waals surface area contributed by atoms with Crippen LogP contribution in [0.3, 0.4) is 0 Å². The molecule has 3 rings (SSSR count). The second-order valence-electron chi connectivity index (χ2n) is 5.80. The van der Waals surface area contributed by atoms with E-state index in [1.807, 2.05) is 24.3 Å². The fraction of sp³-hybridized carbons (Fsp3) is 0.471. The molecule has 0 saturated carbocycles. The van der Waals surface area contributed by atoms with Gasteiger partial charge in [0.05, 0.1) is 12.1 Å². The van der Waals surface area contributed by atoms with E-state index in [2.05, 4.69) is 21.8 Å². The van der Waals surface area contributed by atoms with E-state index >= 15 is 0 Å². The normalized spacial score (nSPS) is 18.5. The van der Waals surface area contributed by atoms with E-state index < -0.39 is 5.97 Å². The minimum absolute atomic E-state index is 0.147. The van der Waals surface area contributed by atoms with Crippen LogP contribution in [0.15, 0.2) is 24.3 Å². The molecular formula is C17H21N3O2. The van der Waals surface area contributed by atoms with Crippen molar-refractivity contribution in [2.24, 2.45) is 5.92 Å². The van der Waals surface area contributed by atoms with E-state index in [0.717, 1.165) is 36.2 Å². The molecule has 1 fully saturated rings. The van der Waals surface area contributed by atoms with Gasteiger partial charge in [-0.15, -0.1) is 0 Å². The Morgan fingerprint density at radius 2 is 2.18 bits per heavy atom. The topological polar surface area (TPSA) is 55.3 Å². The molecule has 0 bridgehead atoms. The zero-order valence-corrected chi connectivity index (χ0v) is 13.1. The Kier molecular flexibility index (Phi) is 4.22. The third kappa shape index (κ3) is 2.89. The highest BCUT2D eigenvalue weighted by Gasteiger charge is 2.22. The number of carbonyl (C=O) groups is 1. The van der Waals surface area contributed by atoms with Crippen LogP contribution in [-0.2, 0) is 4.74 Å². The Morgan fingerprint density at radius 1 is 1.36 bits per heavy atom. The van der Waals surface area contributed by atoms with Crippen LogP contribution in [0.4, 0.5) is 5.82 Å². The van der Waals surface area contributed by atoms with Crippen LogP contribution in [0.25, 0.3) is 10.9 Å². The SMILES string of the molecule is CCOC(=O)c1nc(N2CCC[C@H](C)C2)c2ccccc2n1. The molecule has 1 aliphatic rings. The van der Waals surface area contributed by atoms with Crippen molar-refractivity contribution in [1.29, 1.82) is 0 Å². The molecule has 1 aromatic heterocycles. The number of para-hydroxylation sites is 1. The molecule has 0 aliphatic carbocycles. The highest BCUT2D eigenvalue weighted by molar-refractivity contribution is 5.94. The van der Waals surface area contributed by atoms with Crippen molar-refractivity contribution in [3.05, 3.63) is 30.1 Å². The lowest BCUT2D eigenvalue weighted by atomic mass is 10.00. The third-order valence-electron chi connectivity index (χ3n) is 4.00. The lowest BCUT2D eigenvalue weighted by molar-refractivity contribution is 0.0512. The molecule has 0 unspecified atom stereocenters. The molecule has 0 radical (unpaired) electrons. The number of nitrogens with zero attached hydrogens (tertiary/aromatic N) is 3. The second kappa shape index (κ2) is 6.30. The maximum Gasteiger partial charge on any atom is 0.376 e. The first-order chi connectivity index (χ1) is 10.7. The van der Waals surface area contributed by atoms with Gasteiger partial charge >= 0.3 is 5.97 Å². The number of benzene rings is 1. The summed E-state index contributed by atoms with van der Waals surface area (Å²) >= 11 is 0. The molecule has 1 aromatic carbocycles. The Balaban J connectivity index is 2.07. The van der Waals surface area contributed by atoms with Crippen molar-refractivity contribution < 1.29 is 9.53 Å². The zero-order valence-electron chi connectivity index (χ0n) is 13.1. The molecule has 1 saturated heterocycles. The van der Waals surface area contributed by atoms with Crippen molar-refractivity contribution in [1.82, 2.24) is 9.97 Å². The molecule has 1 aliphatic heterocycles. The van der Waals surface area contributed by atoms with Gasteiger partial charge in [0, 0.05) is 18.5 Å². The average Bonchev–Trinajstić information content (AvgIpc) is 2.54. The van der Waals surface area contributed by atoms with Crippen LogP contribution >= 0.6 is 0 Å². The van der Waals surface area contributed by atoms with E-state index in [-0.39, 0.29) is 5.82 Å². The van der Waals surface area contributed by atoms with Gasteiger partial charge in [0.1, 0.15) is 5.82 Å². The number of hydrogen-bond donors (Lipinski definition) is 0. The van der Waals surface area contributed by atoms with Crippen molar-refractivity contribution >= 4 is 22.7 Å². The van der Waals surface area contributed by atoms with Gasteiger partial charge < -0.3 is 9.64 Å². The number of aromatic nitrogens is 2. The van der Waals surface area contributed by atoms with Gasteiger partial charge in [0.2, 0.25) is 5.82 Å². The largest absolute Gasteiger partial charge is 0.460 e. The van der Waals surface area contributed by atoms with Crippen molar-refractivity contribution in [2.45, 2.75) is 26.7 Å². The molecule has 22 heavy (non-hydrogen) atoms. The predicted octanol–water partition coefficient (Wildman–Crippen LogP) is 3.04. The van der Waals surface area contributed by atoms with E-state index in [1.165, 1.54) is 6.42 Å². The van der Waals surface area contributed by atoms with Gasteiger partial charge in [-0.25, -0.2) is 14.8 Å². The Labute approximate surface area is 130 Å². The van der Waals surface area contributed by atoms with Gasteiger partial charge in [-0.2, -0.15) is 0 Å². The number of hydrogen-bond acceptors (Lipinski definition) is 5. The highest BCUT2D eigenvalue weighted by atomic mass is 16.5. The van der Waals surface area contributed by atoms with Crippen LogP contribution in [0, 0.1) is 5.92 Å². The van der Waals surface area contributed by atoms with Crippen LogP contribution in [0.5, 0.6) is 0 Å². The first kappa shape index (κ1) is 14.8. The molecule has 116 valence electrons. The van der Waals surface area contributed by atoms with Crippen molar-refractivity contribution in [3.8, 4) is 0 Å². The maximum absolute atomic E-state index is 12.0. The number of anilines is 1. The quantitative estimate of drug-likeness (QED) is 0.815. The molecule has 0 spiro atoms. The standard InChI is InChI=1S/C17H21N3O2/c1-3-22-17(21)15-18-14-9-5-4-8-13(14)16(19-15)20-10-6-7-12(2)11-20/h4-5,8-9,12H,3,6-7,10-11H2,1-2H3/t12-/m0/s1. The summed E-state index contributed by atoms with van der Waals surface area (Å²) in [6.45, 7) is 6.29. The number of carbonyl (C=O) groups excluding carboxylic acids is 1. The molecule has 2 heterocycles. The fourth-order valence-electron chi connectivity index (χ4n) is 2.97. The van der Waals surface area contributed by atoms with E-state index in [4.69, 9.17) is 4.74 Å². The summed E-state index contributed by atoms with van der Waals surface area (Å²) < 4.78 is 5.06. The van der Waals surface area contributed by atoms with Crippen LogP contribution in [0.2, 0.25) is 0 Å². The number of esters is 1. The second-order valence-corrected chi connectivity index (χ2v) is 5.80. The summed E-state index contributed by atoms with van der Waals surface area (Å²) in [7, 11) is 0. The summed E-state index contributed by atoms with van der Waals surface area (Å²) in [4.78, 5) is 23.2. The first-order valence-corrected chi connectivity index (χ1v) is 7.88. The summed E-state index contributed by atoms with van der Waals surface area (Å²) in [5.74, 6) is 1.17. The van der Waals surface area contributed by atoms with Crippen molar-refractivity contribution in [2.75, 3.05) is 24.6 Å². The molecule has 5 heteroatoms. The van der Waals surface area contributed by atoms with Gasteiger partial charge in [-0.05, 0) is 37.8 Å². The molecule has 0 amide bonds. The van der Waals surface area contributed by atoms with Crippen molar-refractivity contribution in [3.63, 3.8) is 0 Å². The minimum atomic E-state index is -0.459. The number of fused-ring (bicyclic) bond motifs is 1. The summed E-state index contributed by atoms with van der Waals surface area (Å²) in [6.07, 6.45) is 2.39. The third-order valence-corrected chi connectivity index (χ3v) is 4.00. The van der Waals surface area contributed by atoms with E-state index in [9.17, 15) is 4.79 Å². The summed E-state index contributed by atoms with van der Waals surface area (Å²) in [5, 5.41) is 0.990. The van der Waals surface area contributed by atoms with Crippen LogP contribution in [-0.4, -0.2) is 35.6 Å². The molecule has 5 nitrogen and oxygen atoms in total. The molecule has 0 N–H and O–H groups in total. The Bertz CT molecular complexity index is 687. The summed E-state index contributed by atoms with van der Waals surface area (Å²) in [5.41, 5.74) is 0.786. The smallest absolute Gasteiger partial charge is 0.376 e. The lowest BCUT2D eigenvalue weighted by Crippen LogP contribution is -2.35. The van der Waals surface area contributed by atoms with Gasteiger partial charge in [-0.3, -0.25) is 0 Å². The number of ether oxygens (including phenoxy) is 1. The fourth-order valence-corrected chi connectivity index (χ4v) is 2.97. The van der Waals surface area contributed by atoms with Gasteiger partial charge in [0.15, 0.2) is 0 Å². The molecule has 1 atom stereocenters. The zero-order chi connectivity index (χ0) is 15.5. The molecular weight excluding hydrogens is 278 g/mol. The Morgan fingerprint density at radius 3 is 2.95 bits per heavy atom. The highest BCUT2D eigenvalue weighted by Crippen LogP contribution is 2.28. The van der Waals surface area contributed by atoms with E-state index in [0.29, 0.717) is 12.5 Å². The maximum atomic E-state index is 12.0. The van der Waals surface area contributed by atoms with Gasteiger partial charge in [-0.1, -0.05) is 19.1 Å². The van der Waals surface area contributed by atoms with E-state index in [1.54, 1.807) is 6.92 Å². The number of rotatable bonds is 3. The van der Waals surface area contributed by atoms with Crippen LogP contribution in [0.1, 0.15) is 37.3 Å². The summed E-state index contributed by atoms with van der Waals surface area (Å²) in [6, 6.07) is 7.83. The lowest BCUT2D eigenvalue weighted by Gasteiger charge is -2.32. The van der Waals surface area contributed by atoms with Crippen LogP contribution < -0.4 is 4.90 Å². The first-order valence-electron chi connectivity index (χ1n) is 7.88. The Hall–Kier alpha value is -2.17. The predicted molar refractivity (Wildman–Crippen MR) is 86.1 cm³/mol.